The summed E-state index contributed by atoms with van der Waals surface area (Å²) in [7, 11) is -3.71. The van der Waals surface area contributed by atoms with Crippen LogP contribution in [0.15, 0.2) is 53.6 Å². The average molecular weight is 376 g/mol. The maximum absolute atomic E-state index is 13.1. The van der Waals surface area contributed by atoms with E-state index in [0.29, 0.717) is 16.3 Å². The van der Waals surface area contributed by atoms with Gasteiger partial charge in [0.2, 0.25) is 0 Å². The lowest BCUT2D eigenvalue weighted by molar-refractivity contribution is 0.0843. The van der Waals surface area contributed by atoms with Crippen LogP contribution < -0.4 is 4.74 Å². The predicted molar refractivity (Wildman–Crippen MR) is 99.0 cm³/mol. The summed E-state index contributed by atoms with van der Waals surface area (Å²) >= 11 is 5.99. The third-order valence-electron chi connectivity index (χ3n) is 4.59. The van der Waals surface area contributed by atoms with Gasteiger partial charge in [-0.15, -0.1) is 0 Å². The summed E-state index contributed by atoms with van der Waals surface area (Å²) in [4.78, 5) is 0.219. The predicted octanol–water partition coefficient (Wildman–Crippen LogP) is 4.64. The van der Waals surface area contributed by atoms with E-state index < -0.39 is 10.0 Å². The number of ether oxygens (including phenoxy) is 1. The van der Waals surface area contributed by atoms with Gasteiger partial charge in [0.25, 0.3) is 10.0 Å². The number of rotatable bonds is 2. The monoisotopic (exact) mass is 375 g/mol. The van der Waals surface area contributed by atoms with Crippen LogP contribution in [0.25, 0.3) is 10.9 Å². The summed E-state index contributed by atoms with van der Waals surface area (Å²) in [5.41, 5.74) is 1.36. The lowest BCUT2D eigenvalue weighted by Crippen LogP contribution is -2.32. The van der Waals surface area contributed by atoms with Crippen molar-refractivity contribution in [3.05, 3.63) is 59.2 Å². The number of hydrogen-bond acceptors (Lipinski definition) is 3. The first-order valence-corrected chi connectivity index (χ1v) is 9.92. The Morgan fingerprint density at radius 2 is 1.92 bits per heavy atom. The zero-order valence-electron chi connectivity index (χ0n) is 14.0. The van der Waals surface area contributed by atoms with Gasteiger partial charge in [-0.05, 0) is 62.6 Å². The molecule has 0 spiro atoms. The second-order valence-electron chi connectivity index (χ2n) is 6.95. The maximum atomic E-state index is 13.1. The van der Waals surface area contributed by atoms with Gasteiger partial charge in [-0.3, -0.25) is 0 Å². The molecule has 0 saturated heterocycles. The summed E-state index contributed by atoms with van der Waals surface area (Å²) in [6, 6.07) is 12.0. The molecule has 1 aliphatic heterocycles. The molecule has 0 fully saturated rings. The molecule has 0 amide bonds. The molecule has 0 radical (unpaired) electrons. The zero-order valence-corrected chi connectivity index (χ0v) is 15.6. The molecule has 0 bridgehead atoms. The van der Waals surface area contributed by atoms with Crippen LogP contribution in [0.1, 0.15) is 25.8 Å². The van der Waals surface area contributed by atoms with Gasteiger partial charge < -0.3 is 4.74 Å². The van der Waals surface area contributed by atoms with Gasteiger partial charge in [-0.25, -0.2) is 12.4 Å². The molecule has 4 rings (SSSR count). The van der Waals surface area contributed by atoms with E-state index in [9.17, 15) is 8.42 Å². The number of aryl methyl sites for hydroxylation is 1. The third-order valence-corrected chi connectivity index (χ3v) is 6.52. The fraction of sp³-hybridized carbons (Fsp3) is 0.263. The highest BCUT2D eigenvalue weighted by molar-refractivity contribution is 7.90. The first-order chi connectivity index (χ1) is 11.8. The third kappa shape index (κ3) is 2.81. The molecule has 130 valence electrons. The van der Waals surface area contributed by atoms with Gasteiger partial charge in [0.1, 0.15) is 11.4 Å². The van der Waals surface area contributed by atoms with Crippen LogP contribution in [0.4, 0.5) is 0 Å². The molecule has 0 saturated carbocycles. The van der Waals surface area contributed by atoms with Gasteiger partial charge in [0.05, 0.1) is 10.4 Å². The molecular weight excluding hydrogens is 358 g/mol. The van der Waals surface area contributed by atoms with Crippen LogP contribution in [-0.4, -0.2) is 18.0 Å². The van der Waals surface area contributed by atoms with E-state index in [1.807, 2.05) is 19.9 Å². The first-order valence-electron chi connectivity index (χ1n) is 8.10. The van der Waals surface area contributed by atoms with Crippen molar-refractivity contribution in [2.75, 3.05) is 0 Å². The molecule has 2 heterocycles. The van der Waals surface area contributed by atoms with Crippen molar-refractivity contribution in [1.82, 2.24) is 3.97 Å². The van der Waals surface area contributed by atoms with Crippen molar-refractivity contribution in [3.8, 4) is 5.75 Å². The number of hydrogen-bond donors (Lipinski definition) is 0. The van der Waals surface area contributed by atoms with Crippen LogP contribution in [-0.2, 0) is 16.4 Å². The Morgan fingerprint density at radius 1 is 1.12 bits per heavy atom. The first kappa shape index (κ1) is 16.5. The Kier molecular flexibility index (Phi) is 3.63. The van der Waals surface area contributed by atoms with E-state index in [-0.39, 0.29) is 10.5 Å². The zero-order chi connectivity index (χ0) is 17.8. The topological polar surface area (TPSA) is 48.3 Å². The second kappa shape index (κ2) is 5.51. The molecular formula is C19H18ClNO3S. The quantitative estimate of drug-likeness (QED) is 0.655. The molecule has 0 aliphatic carbocycles. The van der Waals surface area contributed by atoms with E-state index in [2.05, 4.69) is 0 Å². The normalized spacial score (nSPS) is 16.4. The fourth-order valence-corrected chi connectivity index (χ4v) is 4.74. The highest BCUT2D eigenvalue weighted by Crippen LogP contribution is 2.35. The molecule has 0 unspecified atom stereocenters. The maximum Gasteiger partial charge on any atom is 0.268 e. The number of fused-ring (bicyclic) bond motifs is 2. The second-order valence-corrected chi connectivity index (χ2v) is 9.20. The van der Waals surface area contributed by atoms with Crippen molar-refractivity contribution < 1.29 is 13.2 Å². The molecule has 6 heteroatoms. The van der Waals surface area contributed by atoms with Crippen LogP contribution in [0.2, 0.25) is 5.02 Å². The highest BCUT2D eigenvalue weighted by Gasteiger charge is 2.28. The molecule has 1 aromatic heterocycles. The largest absolute Gasteiger partial charge is 0.488 e. The van der Waals surface area contributed by atoms with Crippen molar-refractivity contribution in [2.45, 2.75) is 37.2 Å². The Labute approximate surface area is 152 Å². The fourth-order valence-electron chi connectivity index (χ4n) is 3.19. The standard InChI is InChI=1S/C19H18ClNO3S/c1-19(2)9-7-13-3-5-16(12-18(13)24-19)25(22,23)21-10-8-14-11-15(20)4-6-17(14)21/h3-6,8,10-12H,7,9H2,1-2H3. The minimum atomic E-state index is -3.71. The molecule has 0 atom stereocenters. The summed E-state index contributed by atoms with van der Waals surface area (Å²) in [5.74, 6) is 0.650. The Balaban J connectivity index is 1.83. The SMILES string of the molecule is CC1(C)CCc2ccc(S(=O)(=O)n3ccc4cc(Cl)ccc43)cc2O1. The minimum Gasteiger partial charge on any atom is -0.488 e. The van der Waals surface area contributed by atoms with Crippen molar-refractivity contribution in [1.29, 1.82) is 0 Å². The molecule has 3 aromatic rings. The summed E-state index contributed by atoms with van der Waals surface area (Å²) in [5, 5.41) is 1.36. The van der Waals surface area contributed by atoms with Crippen molar-refractivity contribution in [3.63, 3.8) is 0 Å². The molecule has 2 aromatic carbocycles. The van der Waals surface area contributed by atoms with E-state index in [1.165, 1.54) is 3.97 Å². The van der Waals surface area contributed by atoms with Crippen LogP contribution in [0.3, 0.4) is 0 Å². The van der Waals surface area contributed by atoms with Gasteiger partial charge in [-0.2, -0.15) is 0 Å². The van der Waals surface area contributed by atoms with Gasteiger partial charge in [0, 0.05) is 22.7 Å². The van der Waals surface area contributed by atoms with Crippen molar-refractivity contribution >= 4 is 32.5 Å². The number of benzene rings is 2. The van der Waals surface area contributed by atoms with E-state index in [0.717, 1.165) is 23.8 Å². The minimum absolute atomic E-state index is 0.219. The Bertz CT molecular complexity index is 1080. The van der Waals surface area contributed by atoms with E-state index >= 15 is 0 Å². The lowest BCUT2D eigenvalue weighted by Gasteiger charge is -2.32. The van der Waals surface area contributed by atoms with E-state index in [4.69, 9.17) is 16.3 Å². The molecule has 25 heavy (non-hydrogen) atoms. The van der Waals surface area contributed by atoms with Crippen LogP contribution in [0.5, 0.6) is 5.75 Å². The average Bonchev–Trinajstić information content (AvgIpc) is 2.97. The van der Waals surface area contributed by atoms with Crippen molar-refractivity contribution in [2.24, 2.45) is 0 Å². The molecule has 4 nitrogen and oxygen atoms in total. The van der Waals surface area contributed by atoms with E-state index in [1.54, 1.807) is 42.6 Å². The van der Waals surface area contributed by atoms with Crippen LogP contribution in [0, 0.1) is 0 Å². The Hall–Kier alpha value is -1.98. The Morgan fingerprint density at radius 3 is 2.72 bits per heavy atom. The summed E-state index contributed by atoms with van der Waals surface area (Å²) < 4.78 is 33.5. The highest BCUT2D eigenvalue weighted by atomic mass is 35.5. The number of nitrogens with zero attached hydrogens (tertiary/aromatic N) is 1. The van der Waals surface area contributed by atoms with Gasteiger partial charge >= 0.3 is 0 Å². The van der Waals surface area contributed by atoms with Crippen LogP contribution >= 0.6 is 11.6 Å². The molecule has 0 N–H and O–H groups in total. The summed E-state index contributed by atoms with van der Waals surface area (Å²) in [6.07, 6.45) is 3.35. The number of halogens is 1. The smallest absolute Gasteiger partial charge is 0.268 e. The van der Waals surface area contributed by atoms with Gasteiger partial charge in [0.15, 0.2) is 0 Å². The van der Waals surface area contributed by atoms with Gasteiger partial charge in [-0.1, -0.05) is 17.7 Å². The lowest BCUT2D eigenvalue weighted by atomic mass is 9.94. The summed E-state index contributed by atoms with van der Waals surface area (Å²) in [6.45, 7) is 4.03. The molecule has 1 aliphatic rings. The number of aromatic nitrogens is 1.